The van der Waals surface area contributed by atoms with Crippen LogP contribution in [0.2, 0.25) is 0 Å². The van der Waals surface area contributed by atoms with Gasteiger partial charge in [-0.2, -0.15) is 0 Å². The van der Waals surface area contributed by atoms with E-state index in [0.29, 0.717) is 13.0 Å². The number of carbonyl (C=O) groups excluding carboxylic acids is 1. The molecule has 4 saturated carbocycles. The molecule has 1 saturated heterocycles. The molecule has 1 aromatic carbocycles. The molecule has 3 N–H and O–H groups in total. The van der Waals surface area contributed by atoms with E-state index in [1.165, 1.54) is 38.5 Å². The fraction of sp³-hybridized carbons (Fsp3) is 0.682. The Bertz CT molecular complexity index is 663. The molecule has 4 aliphatic carbocycles. The van der Waals surface area contributed by atoms with Crippen LogP contribution in [-0.4, -0.2) is 37.2 Å². The number of benzene rings is 1. The molecular weight excluding hydrogens is 338 g/mol. The van der Waals surface area contributed by atoms with E-state index in [9.17, 15) is 4.79 Å². The van der Waals surface area contributed by atoms with Crippen molar-refractivity contribution in [3.8, 4) is 0 Å². The Hall–Kier alpha value is -1.59. The zero-order valence-electron chi connectivity index (χ0n) is 16.0. The van der Waals surface area contributed by atoms with Crippen LogP contribution >= 0.6 is 0 Å². The van der Waals surface area contributed by atoms with Crippen LogP contribution in [0.15, 0.2) is 24.3 Å². The summed E-state index contributed by atoms with van der Waals surface area (Å²) in [7, 11) is 0. The highest BCUT2D eigenvalue weighted by Crippen LogP contribution is 2.56. The minimum Gasteiger partial charge on any atom is -0.378 e. The summed E-state index contributed by atoms with van der Waals surface area (Å²) in [6, 6.07) is 8.32. The number of amides is 1. The first-order valence-corrected chi connectivity index (χ1v) is 10.7. The third-order valence-corrected chi connectivity index (χ3v) is 7.07. The van der Waals surface area contributed by atoms with Crippen molar-refractivity contribution in [2.75, 3.05) is 30.4 Å². The van der Waals surface area contributed by atoms with Gasteiger partial charge in [-0.3, -0.25) is 4.79 Å². The third kappa shape index (κ3) is 3.72. The van der Waals surface area contributed by atoms with E-state index in [4.69, 9.17) is 4.74 Å². The average molecular weight is 370 g/mol. The topological polar surface area (TPSA) is 62.4 Å². The normalized spacial score (nSPS) is 37.2. The van der Waals surface area contributed by atoms with Crippen LogP contribution < -0.4 is 16.0 Å². The van der Waals surface area contributed by atoms with E-state index in [1.54, 1.807) is 0 Å². The van der Waals surface area contributed by atoms with E-state index in [2.05, 4.69) is 28.1 Å². The van der Waals surface area contributed by atoms with Crippen molar-refractivity contribution in [3.63, 3.8) is 0 Å². The van der Waals surface area contributed by atoms with Crippen molar-refractivity contribution in [1.82, 2.24) is 5.32 Å². The molecule has 0 aromatic heterocycles. The second-order valence-electron chi connectivity index (χ2n) is 9.35. The summed E-state index contributed by atoms with van der Waals surface area (Å²) in [5.41, 5.74) is 2.24. The van der Waals surface area contributed by atoms with E-state index in [0.717, 1.165) is 42.3 Å². The summed E-state index contributed by atoms with van der Waals surface area (Å²) in [6.45, 7) is 2.17. The van der Waals surface area contributed by atoms with Gasteiger partial charge in [0.15, 0.2) is 0 Å². The SMILES string of the molecule is O=C(CC1COCCN1)Nc1ccccc1NC12CC3CC(CC(C3)C1)C2. The second-order valence-corrected chi connectivity index (χ2v) is 9.35. The van der Waals surface area contributed by atoms with Gasteiger partial charge in [-0.1, -0.05) is 12.1 Å². The van der Waals surface area contributed by atoms with Gasteiger partial charge in [-0.25, -0.2) is 0 Å². The molecule has 5 heteroatoms. The van der Waals surface area contributed by atoms with Crippen LogP contribution in [0, 0.1) is 17.8 Å². The summed E-state index contributed by atoms with van der Waals surface area (Å²) < 4.78 is 5.46. The van der Waals surface area contributed by atoms with E-state index in [-0.39, 0.29) is 17.5 Å². The Kier molecular flexibility index (Phi) is 4.60. The molecule has 27 heavy (non-hydrogen) atoms. The van der Waals surface area contributed by atoms with E-state index in [1.807, 2.05) is 12.1 Å². The van der Waals surface area contributed by atoms with Gasteiger partial charge >= 0.3 is 0 Å². The molecular formula is C22H31N3O2. The second kappa shape index (κ2) is 7.10. The molecule has 5 fully saturated rings. The minimum atomic E-state index is 0.0535. The molecule has 0 radical (unpaired) electrons. The molecule has 1 heterocycles. The molecule has 1 unspecified atom stereocenters. The van der Waals surface area contributed by atoms with Gasteiger partial charge in [0, 0.05) is 24.5 Å². The molecule has 1 amide bonds. The number of hydrogen-bond acceptors (Lipinski definition) is 4. The standard InChI is InChI=1S/C22H31N3O2/c26-21(10-18-14-27-6-5-23-18)24-19-3-1-2-4-20(19)25-22-11-15-7-16(12-22)9-17(8-15)13-22/h1-4,15-18,23,25H,5-14H2,(H,24,26). The molecule has 1 aromatic rings. The number of hydrogen-bond donors (Lipinski definition) is 3. The maximum absolute atomic E-state index is 12.6. The molecule has 6 rings (SSSR count). The predicted octanol–water partition coefficient (Wildman–Crippen LogP) is 3.38. The fourth-order valence-corrected chi connectivity index (χ4v) is 6.43. The molecule has 146 valence electrons. The highest BCUT2D eigenvalue weighted by atomic mass is 16.5. The van der Waals surface area contributed by atoms with Gasteiger partial charge in [-0.05, 0) is 68.4 Å². The molecule has 4 bridgehead atoms. The van der Waals surface area contributed by atoms with Crippen molar-refractivity contribution < 1.29 is 9.53 Å². The highest BCUT2D eigenvalue weighted by molar-refractivity contribution is 5.94. The highest BCUT2D eigenvalue weighted by Gasteiger charge is 2.51. The number of rotatable bonds is 5. The van der Waals surface area contributed by atoms with Crippen LogP contribution in [0.5, 0.6) is 0 Å². The number of ether oxygens (including phenoxy) is 1. The minimum absolute atomic E-state index is 0.0535. The fourth-order valence-electron chi connectivity index (χ4n) is 6.43. The van der Waals surface area contributed by atoms with Crippen molar-refractivity contribution >= 4 is 17.3 Å². The summed E-state index contributed by atoms with van der Waals surface area (Å²) in [5, 5.41) is 10.4. The van der Waals surface area contributed by atoms with Crippen LogP contribution in [0.3, 0.4) is 0 Å². The zero-order chi connectivity index (χ0) is 18.3. The van der Waals surface area contributed by atoms with Gasteiger partial charge in [0.2, 0.25) is 5.91 Å². The smallest absolute Gasteiger partial charge is 0.226 e. The lowest BCUT2D eigenvalue weighted by Crippen LogP contribution is -2.54. The molecule has 5 nitrogen and oxygen atoms in total. The van der Waals surface area contributed by atoms with Crippen molar-refractivity contribution in [2.45, 2.75) is 56.5 Å². The zero-order valence-corrected chi connectivity index (χ0v) is 16.0. The van der Waals surface area contributed by atoms with E-state index < -0.39 is 0 Å². The van der Waals surface area contributed by atoms with Crippen molar-refractivity contribution in [3.05, 3.63) is 24.3 Å². The number of nitrogens with one attached hydrogen (secondary N) is 3. The molecule has 1 aliphatic heterocycles. The van der Waals surface area contributed by atoms with Gasteiger partial charge < -0.3 is 20.7 Å². The Morgan fingerprint density at radius 2 is 1.74 bits per heavy atom. The summed E-state index contributed by atoms with van der Waals surface area (Å²) >= 11 is 0. The lowest BCUT2D eigenvalue weighted by molar-refractivity contribution is -0.117. The van der Waals surface area contributed by atoms with Crippen molar-refractivity contribution in [1.29, 1.82) is 0 Å². The van der Waals surface area contributed by atoms with E-state index >= 15 is 0 Å². The third-order valence-electron chi connectivity index (χ3n) is 7.07. The van der Waals surface area contributed by atoms with Gasteiger partial charge in [0.25, 0.3) is 0 Å². The first-order chi connectivity index (χ1) is 13.2. The monoisotopic (exact) mass is 369 g/mol. The predicted molar refractivity (Wildman–Crippen MR) is 107 cm³/mol. The van der Waals surface area contributed by atoms with Crippen LogP contribution in [0.4, 0.5) is 11.4 Å². The number of para-hydroxylation sites is 2. The Balaban J connectivity index is 1.27. The summed E-state index contributed by atoms with van der Waals surface area (Å²) in [6.07, 6.45) is 8.66. The first kappa shape index (κ1) is 17.5. The van der Waals surface area contributed by atoms with Crippen molar-refractivity contribution in [2.24, 2.45) is 17.8 Å². The Labute approximate surface area is 161 Å². The average Bonchev–Trinajstić information content (AvgIpc) is 2.63. The largest absolute Gasteiger partial charge is 0.378 e. The number of morpholine rings is 1. The lowest BCUT2D eigenvalue weighted by Gasteiger charge is -2.57. The van der Waals surface area contributed by atoms with Gasteiger partial charge in [0.05, 0.1) is 24.6 Å². The maximum atomic E-state index is 12.6. The number of carbonyl (C=O) groups is 1. The molecule has 0 spiro atoms. The summed E-state index contributed by atoms with van der Waals surface area (Å²) in [5.74, 6) is 2.77. The van der Waals surface area contributed by atoms with Gasteiger partial charge in [-0.15, -0.1) is 0 Å². The molecule has 5 aliphatic rings. The Morgan fingerprint density at radius 3 is 2.37 bits per heavy atom. The lowest BCUT2D eigenvalue weighted by atomic mass is 9.53. The molecule has 1 atom stereocenters. The summed E-state index contributed by atoms with van der Waals surface area (Å²) in [4.78, 5) is 12.6. The van der Waals surface area contributed by atoms with Crippen LogP contribution in [0.1, 0.15) is 44.9 Å². The Morgan fingerprint density at radius 1 is 1.07 bits per heavy atom. The van der Waals surface area contributed by atoms with Crippen LogP contribution in [0.25, 0.3) is 0 Å². The maximum Gasteiger partial charge on any atom is 0.226 e. The first-order valence-electron chi connectivity index (χ1n) is 10.7. The van der Waals surface area contributed by atoms with Crippen LogP contribution in [-0.2, 0) is 9.53 Å². The number of anilines is 2. The quantitative estimate of drug-likeness (QED) is 0.745. The van der Waals surface area contributed by atoms with Gasteiger partial charge in [0.1, 0.15) is 0 Å².